The summed E-state index contributed by atoms with van der Waals surface area (Å²) in [7, 11) is 0. The van der Waals surface area contributed by atoms with Crippen LogP contribution in [-0.2, 0) is 13.0 Å². The second-order valence-electron chi connectivity index (χ2n) is 6.12. The van der Waals surface area contributed by atoms with Crippen LogP contribution in [0.4, 0.5) is 4.39 Å². The van der Waals surface area contributed by atoms with Crippen molar-refractivity contribution >= 4 is 18.3 Å². The third-order valence-corrected chi connectivity index (χ3v) is 4.26. The highest BCUT2D eigenvalue weighted by molar-refractivity contribution is 5.94. The van der Waals surface area contributed by atoms with Crippen molar-refractivity contribution in [1.29, 1.82) is 0 Å². The van der Waals surface area contributed by atoms with Crippen molar-refractivity contribution < 1.29 is 13.7 Å². The number of nitrogens with one attached hydrogen (secondary N) is 3. The zero-order valence-electron chi connectivity index (χ0n) is 14.5. The SMILES string of the molecule is CC(NC(=O)c1n[nH]c2c1CNCC2)c1nc(-c2cccc(F)c2)no1.Cl. The van der Waals surface area contributed by atoms with Crippen LogP contribution < -0.4 is 10.6 Å². The third-order valence-electron chi connectivity index (χ3n) is 4.26. The zero-order chi connectivity index (χ0) is 18.1. The molecule has 1 atom stereocenters. The molecular weight excluding hydrogens is 375 g/mol. The van der Waals surface area contributed by atoms with Gasteiger partial charge >= 0.3 is 0 Å². The molecule has 3 heterocycles. The average Bonchev–Trinajstić information content (AvgIpc) is 3.29. The summed E-state index contributed by atoms with van der Waals surface area (Å²) >= 11 is 0. The summed E-state index contributed by atoms with van der Waals surface area (Å²) in [6.45, 7) is 3.20. The van der Waals surface area contributed by atoms with Gasteiger partial charge in [-0.05, 0) is 19.1 Å². The Hall–Kier alpha value is -2.78. The van der Waals surface area contributed by atoms with Gasteiger partial charge in [-0.3, -0.25) is 9.89 Å². The number of nitrogens with zero attached hydrogens (tertiary/aromatic N) is 3. The minimum Gasteiger partial charge on any atom is -0.339 e. The van der Waals surface area contributed by atoms with Crippen molar-refractivity contribution in [3.8, 4) is 11.4 Å². The van der Waals surface area contributed by atoms with E-state index in [4.69, 9.17) is 4.52 Å². The van der Waals surface area contributed by atoms with Crippen molar-refractivity contribution in [2.75, 3.05) is 6.54 Å². The van der Waals surface area contributed by atoms with Gasteiger partial charge in [0.1, 0.15) is 11.9 Å². The molecule has 0 aliphatic carbocycles. The van der Waals surface area contributed by atoms with Crippen molar-refractivity contribution in [2.45, 2.75) is 25.9 Å². The summed E-state index contributed by atoms with van der Waals surface area (Å²) in [4.78, 5) is 16.8. The van der Waals surface area contributed by atoms with E-state index in [0.29, 0.717) is 17.8 Å². The van der Waals surface area contributed by atoms with Crippen molar-refractivity contribution in [3.05, 3.63) is 52.9 Å². The van der Waals surface area contributed by atoms with Gasteiger partial charge in [0.05, 0.1) is 0 Å². The smallest absolute Gasteiger partial charge is 0.272 e. The number of hydrogen-bond acceptors (Lipinski definition) is 6. The number of fused-ring (bicyclic) bond motifs is 1. The van der Waals surface area contributed by atoms with Gasteiger partial charge in [-0.15, -0.1) is 12.4 Å². The topological polar surface area (TPSA) is 109 Å². The van der Waals surface area contributed by atoms with E-state index in [2.05, 4.69) is 31.0 Å². The first kappa shape index (κ1) is 19.0. The lowest BCUT2D eigenvalue weighted by Crippen LogP contribution is -2.30. The molecule has 0 saturated carbocycles. The second kappa shape index (κ2) is 7.85. The standard InChI is InChI=1S/C17H17FN6O2.ClH/c1-9(17-21-15(24-26-17)10-3-2-4-11(18)7-10)20-16(25)14-12-8-19-6-5-13(12)22-23-14;/h2-4,7,9,19H,5-6,8H2,1H3,(H,20,25)(H,22,23);1H. The normalized spacial score (nSPS) is 14.1. The van der Waals surface area contributed by atoms with Crippen molar-refractivity contribution in [1.82, 2.24) is 31.0 Å². The number of benzene rings is 1. The van der Waals surface area contributed by atoms with Crippen LogP contribution in [0.2, 0.25) is 0 Å². The van der Waals surface area contributed by atoms with Crippen LogP contribution in [-0.4, -0.2) is 32.8 Å². The van der Waals surface area contributed by atoms with Gasteiger partial charge in [0, 0.05) is 36.3 Å². The quantitative estimate of drug-likeness (QED) is 0.627. The van der Waals surface area contributed by atoms with Gasteiger partial charge in [0.25, 0.3) is 5.91 Å². The molecule has 10 heteroatoms. The largest absolute Gasteiger partial charge is 0.339 e. The molecule has 1 amide bonds. The molecule has 8 nitrogen and oxygen atoms in total. The van der Waals surface area contributed by atoms with Crippen molar-refractivity contribution in [2.24, 2.45) is 0 Å². The van der Waals surface area contributed by atoms with Crippen LogP contribution in [0, 0.1) is 5.82 Å². The molecule has 142 valence electrons. The van der Waals surface area contributed by atoms with Gasteiger partial charge < -0.3 is 15.2 Å². The minimum atomic E-state index is -0.513. The predicted molar refractivity (Wildman–Crippen MR) is 96.8 cm³/mol. The maximum Gasteiger partial charge on any atom is 0.272 e. The fraction of sp³-hybridized carbons (Fsp3) is 0.294. The van der Waals surface area contributed by atoms with E-state index < -0.39 is 6.04 Å². The van der Waals surface area contributed by atoms with Gasteiger partial charge in [-0.2, -0.15) is 10.1 Å². The van der Waals surface area contributed by atoms with Gasteiger partial charge in [-0.25, -0.2) is 4.39 Å². The molecule has 4 rings (SSSR count). The average molecular weight is 393 g/mol. The molecule has 0 fully saturated rings. The molecule has 3 N–H and O–H groups in total. The first-order chi connectivity index (χ1) is 12.6. The maximum absolute atomic E-state index is 13.3. The van der Waals surface area contributed by atoms with E-state index in [9.17, 15) is 9.18 Å². The Bertz CT molecular complexity index is 957. The van der Waals surface area contributed by atoms with Gasteiger partial charge in [0.15, 0.2) is 5.69 Å². The number of carbonyl (C=O) groups excluding carboxylic acids is 1. The number of rotatable bonds is 4. The number of aromatic nitrogens is 4. The predicted octanol–water partition coefficient (Wildman–Crippen LogP) is 2.16. The lowest BCUT2D eigenvalue weighted by atomic mass is 10.1. The number of carbonyl (C=O) groups is 1. The minimum absolute atomic E-state index is 0. The number of H-pyrrole nitrogens is 1. The van der Waals surface area contributed by atoms with Crippen LogP contribution in [0.5, 0.6) is 0 Å². The van der Waals surface area contributed by atoms with E-state index >= 15 is 0 Å². The zero-order valence-corrected chi connectivity index (χ0v) is 15.3. The highest BCUT2D eigenvalue weighted by atomic mass is 35.5. The summed E-state index contributed by atoms with van der Waals surface area (Å²) in [6, 6.07) is 5.40. The summed E-state index contributed by atoms with van der Waals surface area (Å²) < 4.78 is 18.5. The molecule has 1 unspecified atom stereocenters. The summed E-state index contributed by atoms with van der Waals surface area (Å²) in [5, 5.41) is 16.9. The first-order valence-corrected chi connectivity index (χ1v) is 8.29. The summed E-state index contributed by atoms with van der Waals surface area (Å²) in [5.41, 5.74) is 2.73. The van der Waals surface area contributed by atoms with E-state index in [1.165, 1.54) is 12.1 Å². The highest BCUT2D eigenvalue weighted by Gasteiger charge is 2.24. The second-order valence-corrected chi connectivity index (χ2v) is 6.12. The fourth-order valence-electron chi connectivity index (χ4n) is 2.90. The molecule has 0 saturated heterocycles. The van der Waals surface area contributed by atoms with E-state index in [0.717, 1.165) is 24.2 Å². The Kier molecular flexibility index (Phi) is 5.52. The van der Waals surface area contributed by atoms with E-state index in [1.54, 1.807) is 19.1 Å². The molecule has 1 aromatic carbocycles. The fourth-order valence-corrected chi connectivity index (χ4v) is 2.90. The summed E-state index contributed by atoms with van der Waals surface area (Å²) in [6.07, 6.45) is 0.811. The monoisotopic (exact) mass is 392 g/mol. The Morgan fingerprint density at radius 1 is 1.41 bits per heavy atom. The Morgan fingerprint density at radius 3 is 3.07 bits per heavy atom. The number of hydrogen-bond donors (Lipinski definition) is 3. The molecule has 0 bridgehead atoms. The lowest BCUT2D eigenvalue weighted by molar-refractivity contribution is 0.0926. The molecule has 1 aliphatic rings. The molecule has 2 aromatic heterocycles. The molecule has 3 aromatic rings. The molecule has 1 aliphatic heterocycles. The van der Waals surface area contributed by atoms with Gasteiger partial charge in [-0.1, -0.05) is 17.3 Å². The Balaban J connectivity index is 0.00000210. The number of halogens is 2. The Morgan fingerprint density at radius 2 is 2.26 bits per heavy atom. The van der Waals surface area contributed by atoms with Crippen LogP contribution in [0.15, 0.2) is 28.8 Å². The molecule has 0 radical (unpaired) electrons. The van der Waals surface area contributed by atoms with E-state index in [1.807, 2.05) is 0 Å². The molecule has 27 heavy (non-hydrogen) atoms. The van der Waals surface area contributed by atoms with Crippen LogP contribution in [0.25, 0.3) is 11.4 Å². The Labute approximate surface area is 160 Å². The third kappa shape index (κ3) is 3.83. The molecule has 0 spiro atoms. The van der Waals surface area contributed by atoms with Crippen LogP contribution in [0.1, 0.15) is 40.6 Å². The number of aromatic amines is 1. The van der Waals surface area contributed by atoms with E-state index in [-0.39, 0.29) is 35.8 Å². The summed E-state index contributed by atoms with van der Waals surface area (Å²) in [5.74, 6) is -0.196. The van der Waals surface area contributed by atoms with Crippen LogP contribution in [0.3, 0.4) is 0 Å². The maximum atomic E-state index is 13.3. The van der Waals surface area contributed by atoms with Crippen molar-refractivity contribution in [3.63, 3.8) is 0 Å². The number of amides is 1. The highest BCUT2D eigenvalue weighted by Crippen LogP contribution is 2.20. The van der Waals surface area contributed by atoms with Crippen LogP contribution >= 0.6 is 12.4 Å². The first-order valence-electron chi connectivity index (χ1n) is 8.29. The van der Waals surface area contributed by atoms with Gasteiger partial charge in [0.2, 0.25) is 11.7 Å². The lowest BCUT2D eigenvalue weighted by Gasteiger charge is -2.13. The molecular formula is C17H18ClFN6O2.